The zero-order valence-corrected chi connectivity index (χ0v) is 10.1. The summed E-state index contributed by atoms with van der Waals surface area (Å²) in [6.07, 6.45) is -2.27. The molecular formula is C14H15F3O. The zero-order valence-electron chi connectivity index (χ0n) is 10.1. The first kappa shape index (κ1) is 14.5. The highest BCUT2D eigenvalue weighted by Crippen LogP contribution is 2.31. The van der Waals surface area contributed by atoms with Crippen LogP contribution < -0.4 is 0 Å². The molecule has 0 saturated carbocycles. The Hall–Kier alpha value is -1.58. The smallest absolute Gasteiger partial charge is 0.300 e. The van der Waals surface area contributed by atoms with Gasteiger partial charge in [0.1, 0.15) is 5.78 Å². The van der Waals surface area contributed by atoms with Gasteiger partial charge in [0.15, 0.2) is 0 Å². The van der Waals surface area contributed by atoms with Crippen molar-refractivity contribution >= 4 is 11.9 Å². The zero-order chi connectivity index (χ0) is 13.6. The number of Topliss-reactive ketones (excluding diaryl/α,β-unsaturated/α-hetero) is 1. The second-order valence-corrected chi connectivity index (χ2v) is 4.01. The highest BCUT2D eigenvalue weighted by Gasteiger charge is 2.38. The fraction of sp³-hybridized carbons (Fsp3) is 0.357. The van der Waals surface area contributed by atoms with E-state index in [1.807, 2.05) is 0 Å². The van der Waals surface area contributed by atoms with Crippen molar-refractivity contribution in [2.24, 2.45) is 5.92 Å². The number of ketones is 1. The van der Waals surface area contributed by atoms with Crippen molar-refractivity contribution in [2.45, 2.75) is 25.9 Å². The summed E-state index contributed by atoms with van der Waals surface area (Å²) >= 11 is 0. The lowest BCUT2D eigenvalue weighted by Gasteiger charge is -2.15. The predicted octanol–water partition coefficient (Wildman–Crippen LogP) is 4.25. The lowest BCUT2D eigenvalue weighted by molar-refractivity contribution is -0.165. The highest BCUT2D eigenvalue weighted by molar-refractivity contribution is 5.78. The van der Waals surface area contributed by atoms with E-state index in [-0.39, 0.29) is 12.2 Å². The van der Waals surface area contributed by atoms with Gasteiger partial charge in [0.05, 0.1) is 5.92 Å². The molecule has 18 heavy (non-hydrogen) atoms. The molecule has 98 valence electrons. The third-order valence-corrected chi connectivity index (χ3v) is 2.58. The molecule has 1 nitrogen and oxygen atoms in total. The molecule has 0 radical (unpaired) electrons. The van der Waals surface area contributed by atoms with Gasteiger partial charge in [0, 0.05) is 12.8 Å². The van der Waals surface area contributed by atoms with Crippen LogP contribution >= 0.6 is 0 Å². The minimum atomic E-state index is -4.38. The van der Waals surface area contributed by atoms with E-state index in [1.54, 1.807) is 37.3 Å². The Morgan fingerprint density at radius 2 is 1.89 bits per heavy atom. The summed E-state index contributed by atoms with van der Waals surface area (Å²) in [6.45, 7) is 1.57. The fourth-order valence-electron chi connectivity index (χ4n) is 1.47. The molecule has 1 aromatic carbocycles. The molecule has 0 bridgehead atoms. The SMILES string of the molecule is CCC(=O)CC(/C=C/c1ccccc1)C(F)(F)F. The van der Waals surface area contributed by atoms with Gasteiger partial charge in [-0.15, -0.1) is 0 Å². The number of hydrogen-bond donors (Lipinski definition) is 0. The molecule has 1 atom stereocenters. The standard InChI is InChI=1S/C14H15F3O/c1-2-13(18)10-12(14(15,16)17)9-8-11-6-4-3-5-7-11/h3-9,12H,2,10H2,1H3/b9-8+. The summed E-state index contributed by atoms with van der Waals surface area (Å²) in [7, 11) is 0. The van der Waals surface area contributed by atoms with Crippen LogP contribution in [0.1, 0.15) is 25.3 Å². The van der Waals surface area contributed by atoms with Gasteiger partial charge in [-0.25, -0.2) is 0 Å². The predicted molar refractivity (Wildman–Crippen MR) is 64.9 cm³/mol. The average molecular weight is 256 g/mol. The molecule has 0 N–H and O–H groups in total. The number of carbonyl (C=O) groups is 1. The first-order valence-electron chi connectivity index (χ1n) is 5.75. The van der Waals surface area contributed by atoms with Crippen molar-refractivity contribution in [3.05, 3.63) is 42.0 Å². The van der Waals surface area contributed by atoms with E-state index >= 15 is 0 Å². The second kappa shape index (κ2) is 6.38. The summed E-state index contributed by atoms with van der Waals surface area (Å²) in [4.78, 5) is 11.1. The number of hydrogen-bond acceptors (Lipinski definition) is 1. The van der Waals surface area contributed by atoms with E-state index < -0.39 is 18.5 Å². The molecule has 0 aliphatic rings. The Balaban J connectivity index is 2.79. The third-order valence-electron chi connectivity index (χ3n) is 2.58. The number of allylic oxidation sites excluding steroid dienone is 1. The molecule has 0 spiro atoms. The molecular weight excluding hydrogens is 241 g/mol. The van der Waals surface area contributed by atoms with Crippen LogP contribution in [0, 0.1) is 5.92 Å². The molecule has 0 fully saturated rings. The summed E-state index contributed by atoms with van der Waals surface area (Å²) in [5, 5.41) is 0. The molecule has 1 aromatic rings. The molecule has 0 aliphatic heterocycles. The average Bonchev–Trinajstić information content (AvgIpc) is 2.34. The van der Waals surface area contributed by atoms with Crippen LogP contribution in [0.3, 0.4) is 0 Å². The van der Waals surface area contributed by atoms with E-state index in [0.29, 0.717) is 5.56 Å². The van der Waals surface area contributed by atoms with E-state index in [2.05, 4.69) is 0 Å². The Kier molecular flexibility index (Phi) is 5.13. The van der Waals surface area contributed by atoms with Gasteiger partial charge in [0.25, 0.3) is 0 Å². The maximum absolute atomic E-state index is 12.7. The van der Waals surface area contributed by atoms with Crippen LogP contribution in [-0.2, 0) is 4.79 Å². The molecule has 0 amide bonds. The van der Waals surface area contributed by atoms with Crippen molar-refractivity contribution in [2.75, 3.05) is 0 Å². The monoisotopic (exact) mass is 256 g/mol. The quantitative estimate of drug-likeness (QED) is 0.769. The minimum Gasteiger partial charge on any atom is -0.300 e. The minimum absolute atomic E-state index is 0.131. The number of halogens is 3. The highest BCUT2D eigenvalue weighted by atomic mass is 19.4. The Labute approximate surface area is 104 Å². The second-order valence-electron chi connectivity index (χ2n) is 4.01. The molecule has 0 saturated heterocycles. The summed E-state index contributed by atoms with van der Waals surface area (Å²) in [6, 6.07) is 8.72. The molecule has 1 unspecified atom stereocenters. The summed E-state index contributed by atoms with van der Waals surface area (Å²) < 4.78 is 38.1. The van der Waals surface area contributed by atoms with Crippen molar-refractivity contribution in [1.29, 1.82) is 0 Å². The number of alkyl halides is 3. The van der Waals surface area contributed by atoms with E-state index in [1.165, 1.54) is 6.08 Å². The first-order chi connectivity index (χ1) is 8.43. The van der Waals surface area contributed by atoms with E-state index in [9.17, 15) is 18.0 Å². The number of carbonyl (C=O) groups excluding carboxylic acids is 1. The van der Waals surface area contributed by atoms with E-state index in [0.717, 1.165) is 6.08 Å². The van der Waals surface area contributed by atoms with Gasteiger partial charge in [0.2, 0.25) is 0 Å². The van der Waals surface area contributed by atoms with Crippen molar-refractivity contribution in [3.8, 4) is 0 Å². The van der Waals surface area contributed by atoms with Crippen LogP contribution in [0.4, 0.5) is 13.2 Å². The van der Waals surface area contributed by atoms with Gasteiger partial charge in [-0.05, 0) is 5.56 Å². The molecule has 1 rings (SSSR count). The summed E-state index contributed by atoms with van der Waals surface area (Å²) in [5.41, 5.74) is 0.690. The largest absolute Gasteiger partial charge is 0.395 e. The van der Waals surface area contributed by atoms with Crippen LogP contribution in [0.25, 0.3) is 6.08 Å². The third kappa shape index (κ3) is 4.73. The Morgan fingerprint density at radius 1 is 1.28 bits per heavy atom. The fourth-order valence-corrected chi connectivity index (χ4v) is 1.47. The van der Waals surface area contributed by atoms with Gasteiger partial charge >= 0.3 is 6.18 Å². The lowest BCUT2D eigenvalue weighted by Crippen LogP contribution is -2.23. The molecule has 0 heterocycles. The van der Waals surface area contributed by atoms with Gasteiger partial charge in [-0.3, -0.25) is 4.79 Å². The van der Waals surface area contributed by atoms with Crippen LogP contribution in [0.5, 0.6) is 0 Å². The van der Waals surface area contributed by atoms with Gasteiger partial charge < -0.3 is 0 Å². The molecule has 0 aromatic heterocycles. The van der Waals surface area contributed by atoms with Gasteiger partial charge in [-0.1, -0.05) is 49.4 Å². The van der Waals surface area contributed by atoms with Gasteiger partial charge in [-0.2, -0.15) is 13.2 Å². The van der Waals surface area contributed by atoms with Crippen molar-refractivity contribution in [3.63, 3.8) is 0 Å². The number of benzene rings is 1. The van der Waals surface area contributed by atoms with Crippen LogP contribution in [-0.4, -0.2) is 12.0 Å². The Morgan fingerprint density at radius 3 is 2.39 bits per heavy atom. The van der Waals surface area contributed by atoms with Crippen LogP contribution in [0.15, 0.2) is 36.4 Å². The molecule has 0 aliphatic carbocycles. The Bertz CT molecular complexity index is 407. The normalized spacial score (nSPS) is 13.8. The maximum atomic E-state index is 12.7. The van der Waals surface area contributed by atoms with Crippen LogP contribution in [0.2, 0.25) is 0 Å². The first-order valence-corrected chi connectivity index (χ1v) is 5.75. The summed E-state index contributed by atoms with van der Waals surface area (Å²) in [5.74, 6) is -2.08. The van der Waals surface area contributed by atoms with Crippen molar-refractivity contribution < 1.29 is 18.0 Å². The van der Waals surface area contributed by atoms with Crippen molar-refractivity contribution in [1.82, 2.24) is 0 Å². The van der Waals surface area contributed by atoms with E-state index in [4.69, 9.17) is 0 Å². The molecule has 4 heteroatoms. The number of rotatable bonds is 5. The lowest BCUT2D eigenvalue weighted by atomic mass is 9.99. The topological polar surface area (TPSA) is 17.1 Å². The maximum Gasteiger partial charge on any atom is 0.395 e.